The first-order valence-corrected chi connectivity index (χ1v) is 19.8. The van der Waals surface area contributed by atoms with Crippen LogP contribution in [0.5, 0.6) is 0 Å². The number of rotatable bonds is 5. The minimum Gasteiger partial charge on any atom is -1.00 e. The molecule has 2 aromatic rings. The first kappa shape index (κ1) is 39.0. The number of aryl methyl sites for hydroxylation is 6. The van der Waals surface area contributed by atoms with Gasteiger partial charge in [-0.05, 0) is 119 Å². The zero-order valence-corrected chi connectivity index (χ0v) is 33.2. The maximum absolute atomic E-state index is 2.98. The van der Waals surface area contributed by atoms with Crippen LogP contribution in [0, 0.1) is 41.5 Å². The van der Waals surface area contributed by atoms with Crippen LogP contribution in [0.25, 0.3) is 0 Å². The van der Waals surface area contributed by atoms with E-state index in [0.717, 1.165) is 30.1 Å². The second-order valence-electron chi connectivity index (χ2n) is 14.8. The number of anilines is 2. The van der Waals surface area contributed by atoms with Crippen molar-refractivity contribution < 1.29 is 44.3 Å². The van der Waals surface area contributed by atoms with Gasteiger partial charge in [-0.25, -0.2) is 0 Å². The van der Waals surface area contributed by atoms with E-state index in [-0.39, 0.29) is 44.3 Å². The minimum atomic E-state index is -1.55. The van der Waals surface area contributed by atoms with Gasteiger partial charge in [0.2, 0.25) is 0 Å². The molecule has 0 aromatic heterocycles. The van der Waals surface area contributed by atoms with Gasteiger partial charge in [0.15, 0.2) is 0 Å². The summed E-state index contributed by atoms with van der Waals surface area (Å²) in [5.41, 5.74) is 16.5. The second-order valence-corrected chi connectivity index (χ2v) is 19.1. The van der Waals surface area contributed by atoms with Crippen molar-refractivity contribution >= 4 is 23.8 Å². The van der Waals surface area contributed by atoms with Crippen molar-refractivity contribution in [2.75, 3.05) is 22.9 Å². The zero-order valence-electron chi connectivity index (χ0n) is 29.0. The summed E-state index contributed by atoms with van der Waals surface area (Å²) in [4.78, 5) is 5.96. The van der Waals surface area contributed by atoms with E-state index < -0.39 is 6.89 Å². The molecule has 3 aliphatic carbocycles. The number of hydrogen-bond donors (Lipinski definition) is 0. The van der Waals surface area contributed by atoms with Crippen molar-refractivity contribution in [2.24, 2.45) is 0 Å². The van der Waals surface area contributed by atoms with Crippen LogP contribution in [-0.4, -0.2) is 35.6 Å². The Labute approximate surface area is 301 Å². The van der Waals surface area contributed by atoms with Crippen molar-refractivity contribution in [2.45, 2.75) is 155 Å². The summed E-state index contributed by atoms with van der Waals surface area (Å²) in [6, 6.07) is 9.86. The average Bonchev–Trinajstić information content (AvgIpc) is 3.38. The molecule has 0 radical (unpaired) electrons. The molecular weight excluding hydrogens is 699 g/mol. The molecule has 252 valence electrons. The Balaban J connectivity index is 0.00000184. The summed E-state index contributed by atoms with van der Waals surface area (Å²) in [5.74, 6) is 0. The Morgan fingerprint density at radius 2 is 0.733 bits per heavy atom. The predicted molar refractivity (Wildman–Crippen MR) is 189 cm³/mol. The summed E-state index contributed by atoms with van der Waals surface area (Å²) in [7, 11) is 0. The van der Waals surface area contributed by atoms with Crippen LogP contribution in [0.4, 0.5) is 11.4 Å². The van der Waals surface area contributed by atoms with Crippen LogP contribution in [-0.2, 0) is 19.5 Å². The molecule has 1 aliphatic heterocycles. The van der Waals surface area contributed by atoms with Gasteiger partial charge in [-0.1, -0.05) is 100 Å². The summed E-state index contributed by atoms with van der Waals surface area (Å²) < 4.78 is 0. The fraction of sp³-hybridized carbons (Fsp3) is 0.667. The van der Waals surface area contributed by atoms with Crippen molar-refractivity contribution in [1.29, 1.82) is 0 Å². The zero-order chi connectivity index (χ0) is 29.4. The maximum Gasteiger partial charge on any atom is 2.00 e. The summed E-state index contributed by atoms with van der Waals surface area (Å²) >= 11 is 0. The topological polar surface area (TPSA) is 6.48 Å². The Hall–Kier alpha value is -0.457. The van der Waals surface area contributed by atoms with Gasteiger partial charge in [-0.3, -0.25) is 0 Å². The molecule has 4 aliphatic rings. The summed E-state index contributed by atoms with van der Waals surface area (Å²) in [6.45, 7) is 14.9. The molecule has 0 N–H and O–H groups in total. The average molecular weight is 759 g/mol. The molecule has 45 heavy (non-hydrogen) atoms. The van der Waals surface area contributed by atoms with E-state index in [4.69, 9.17) is 0 Å². The molecule has 1 saturated heterocycles. The van der Waals surface area contributed by atoms with E-state index in [0.29, 0.717) is 0 Å². The van der Waals surface area contributed by atoms with Crippen LogP contribution in [0.3, 0.4) is 0 Å². The van der Waals surface area contributed by atoms with Gasteiger partial charge in [0, 0.05) is 24.5 Å². The van der Waals surface area contributed by atoms with E-state index in [2.05, 4.69) is 75.6 Å². The molecule has 0 bridgehead atoms. The quantitative estimate of drug-likeness (QED) is 0.314. The van der Waals surface area contributed by atoms with Crippen molar-refractivity contribution in [3.63, 3.8) is 0 Å². The standard InChI is InChI=1S/C39H59N2P.2ClH.Ru/c1-28-24-30(3)37(31(4)25-28)40-22-23-41(38-32(5)26-29(2)27-33(38)6)39(40)42(34-16-10-7-11-17-34,35-18-12-8-13-19-35)36-20-14-9-15-21-36;;;/h24-27,34-36H,7-23H2,1-6H3;2*1H;/q;;;+2/p-2. The van der Waals surface area contributed by atoms with Crippen LogP contribution in [0.2, 0.25) is 0 Å². The Morgan fingerprint density at radius 3 is 1.00 bits per heavy atom. The van der Waals surface area contributed by atoms with Gasteiger partial charge in [-0.15, -0.1) is 0 Å². The molecule has 0 atom stereocenters. The van der Waals surface area contributed by atoms with Crippen LogP contribution >= 0.6 is 6.89 Å². The second kappa shape index (κ2) is 16.8. The molecule has 2 nitrogen and oxygen atoms in total. The van der Waals surface area contributed by atoms with Crippen LogP contribution < -0.4 is 34.6 Å². The van der Waals surface area contributed by atoms with Crippen molar-refractivity contribution in [3.05, 3.63) is 57.6 Å². The van der Waals surface area contributed by atoms with E-state index in [1.807, 2.05) is 5.54 Å². The first-order valence-electron chi connectivity index (χ1n) is 17.8. The molecule has 2 aromatic carbocycles. The third-order valence-corrected chi connectivity index (χ3v) is 18.1. The Kier molecular flexibility index (Phi) is 14.5. The number of benzene rings is 2. The van der Waals surface area contributed by atoms with E-state index >= 15 is 0 Å². The molecule has 4 fully saturated rings. The molecule has 0 unspecified atom stereocenters. The van der Waals surface area contributed by atoms with Gasteiger partial charge in [0.25, 0.3) is 0 Å². The predicted octanol–water partition coefficient (Wildman–Crippen LogP) is 4.97. The van der Waals surface area contributed by atoms with E-state index in [1.165, 1.54) is 130 Å². The van der Waals surface area contributed by atoms with Gasteiger partial charge in [0.05, 0.1) is 0 Å². The van der Waals surface area contributed by atoms with Crippen molar-refractivity contribution in [1.82, 2.24) is 0 Å². The third kappa shape index (κ3) is 7.43. The largest absolute Gasteiger partial charge is 2.00 e. The fourth-order valence-electron chi connectivity index (χ4n) is 10.5. The van der Waals surface area contributed by atoms with Crippen molar-refractivity contribution in [3.8, 4) is 0 Å². The minimum absolute atomic E-state index is 0. The fourth-order valence-corrected chi connectivity index (χ4v) is 18.2. The molecular formula is C39H59Cl2N2PRu. The third-order valence-electron chi connectivity index (χ3n) is 11.7. The Bertz CT molecular complexity index is 1170. The normalized spacial score (nSPS) is 20.4. The molecule has 0 spiro atoms. The van der Waals surface area contributed by atoms with E-state index in [9.17, 15) is 0 Å². The van der Waals surface area contributed by atoms with Gasteiger partial charge in [-0.2, -0.15) is 0 Å². The first-order chi connectivity index (χ1) is 20.3. The SMILES string of the molecule is Cc1cc(C)c(N2CCN(c3c(C)cc(C)cc3C)C2=P(C2CCCCC2)(C2CCCCC2)C2CCCCC2)c(C)c1.[Cl-].[Cl-].[Ru+2]. The number of halogens is 2. The Morgan fingerprint density at radius 1 is 0.467 bits per heavy atom. The smallest absolute Gasteiger partial charge is 1.00 e. The van der Waals surface area contributed by atoms with Gasteiger partial charge < -0.3 is 34.6 Å². The van der Waals surface area contributed by atoms with Crippen LogP contribution in [0.15, 0.2) is 24.3 Å². The number of nitrogens with zero attached hydrogens (tertiary/aromatic N) is 2. The molecule has 1 heterocycles. The van der Waals surface area contributed by atoms with Gasteiger partial charge in [0.1, 0.15) is 5.54 Å². The molecule has 3 saturated carbocycles. The molecule has 6 heteroatoms. The summed E-state index contributed by atoms with van der Waals surface area (Å²) in [5, 5.41) is 0. The summed E-state index contributed by atoms with van der Waals surface area (Å²) in [6.07, 6.45) is 22.1. The number of hydrogen-bond acceptors (Lipinski definition) is 0. The van der Waals surface area contributed by atoms with Crippen LogP contribution in [0.1, 0.15) is 130 Å². The van der Waals surface area contributed by atoms with E-state index in [1.54, 1.807) is 11.4 Å². The monoisotopic (exact) mass is 758 g/mol. The molecule has 0 amide bonds. The maximum atomic E-state index is 2.98. The molecule has 6 rings (SSSR count). The van der Waals surface area contributed by atoms with Gasteiger partial charge >= 0.3 is 19.5 Å².